The lowest BCUT2D eigenvalue weighted by Crippen LogP contribution is -2.21. The van der Waals surface area contributed by atoms with Crippen LogP contribution in [0.3, 0.4) is 0 Å². The number of imide groups is 1. The van der Waals surface area contributed by atoms with Gasteiger partial charge in [-0.25, -0.2) is 0 Å². The van der Waals surface area contributed by atoms with Crippen LogP contribution in [-0.2, 0) is 9.59 Å². The molecule has 0 atom stereocenters. The van der Waals surface area contributed by atoms with Gasteiger partial charge in [0, 0.05) is 5.57 Å². The third kappa shape index (κ3) is 3.02. The Kier molecular flexibility index (Phi) is 4.20. The van der Waals surface area contributed by atoms with Crippen LogP contribution in [0.4, 0.5) is 0 Å². The second kappa shape index (κ2) is 4.73. The van der Waals surface area contributed by atoms with Crippen molar-refractivity contribution in [3.05, 3.63) is 11.6 Å². The summed E-state index contributed by atoms with van der Waals surface area (Å²) in [7, 11) is 0. The molecule has 0 spiro atoms. The molecule has 0 rings (SSSR count). The fourth-order valence-corrected chi connectivity index (χ4v) is 0.566. The number of nitrogens with one attached hydrogen (secondary N) is 1. The number of amides is 2. The molecule has 0 radical (unpaired) electrons. The minimum atomic E-state index is -0.322. The molecular formula is C7H11NO2. The van der Waals surface area contributed by atoms with E-state index in [1.165, 1.54) is 0 Å². The molecule has 0 aromatic heterocycles. The van der Waals surface area contributed by atoms with Crippen LogP contribution < -0.4 is 5.32 Å². The normalized spacial score (nSPS) is 10.8. The fraction of sp³-hybridized carbons (Fsp3) is 0.429. The van der Waals surface area contributed by atoms with Crippen molar-refractivity contribution in [1.29, 1.82) is 0 Å². The number of allylic oxidation sites excluding steroid dienone is 1. The zero-order valence-electron chi connectivity index (χ0n) is 6.18. The summed E-state index contributed by atoms with van der Waals surface area (Å²) in [6.45, 7) is 3.60. The summed E-state index contributed by atoms with van der Waals surface area (Å²) in [5.41, 5.74) is 0.578. The van der Waals surface area contributed by atoms with Gasteiger partial charge in [-0.1, -0.05) is 13.0 Å². The molecule has 10 heavy (non-hydrogen) atoms. The van der Waals surface area contributed by atoms with E-state index in [4.69, 9.17) is 0 Å². The Bertz CT molecular complexity index is 161. The molecule has 2 amide bonds. The third-order valence-electron chi connectivity index (χ3n) is 1.06. The van der Waals surface area contributed by atoms with Crippen LogP contribution in [0.25, 0.3) is 0 Å². The van der Waals surface area contributed by atoms with E-state index in [0.717, 1.165) is 6.42 Å². The maximum atomic E-state index is 10.7. The number of hydrogen-bond acceptors (Lipinski definition) is 2. The lowest BCUT2D eigenvalue weighted by atomic mass is 10.2. The second-order valence-corrected chi connectivity index (χ2v) is 1.89. The Labute approximate surface area is 60.1 Å². The number of carbonyl (C=O) groups is 2. The van der Waals surface area contributed by atoms with Gasteiger partial charge in [0.25, 0.3) is 5.91 Å². The van der Waals surface area contributed by atoms with Gasteiger partial charge in [-0.2, -0.15) is 0 Å². The molecule has 0 heterocycles. The summed E-state index contributed by atoms with van der Waals surface area (Å²) in [5.74, 6) is -0.322. The van der Waals surface area contributed by atoms with Gasteiger partial charge in [0.1, 0.15) is 0 Å². The average Bonchev–Trinajstić information content (AvgIpc) is 1.89. The quantitative estimate of drug-likeness (QED) is 0.462. The average molecular weight is 141 g/mol. The Hall–Kier alpha value is -1.12. The van der Waals surface area contributed by atoms with Crippen LogP contribution in [-0.4, -0.2) is 12.3 Å². The summed E-state index contributed by atoms with van der Waals surface area (Å²) < 4.78 is 0. The topological polar surface area (TPSA) is 46.2 Å². The Morgan fingerprint density at radius 2 is 2.20 bits per heavy atom. The van der Waals surface area contributed by atoms with E-state index in [1.807, 2.05) is 12.2 Å². The predicted octanol–water partition coefficient (Wildman–Crippen LogP) is 0.615. The minimum Gasteiger partial charge on any atom is -0.295 e. The van der Waals surface area contributed by atoms with Crippen LogP contribution in [0.2, 0.25) is 0 Å². The zero-order chi connectivity index (χ0) is 7.98. The minimum absolute atomic E-state index is 0.322. The highest BCUT2D eigenvalue weighted by atomic mass is 16.2. The monoisotopic (exact) mass is 141 g/mol. The van der Waals surface area contributed by atoms with Gasteiger partial charge in [-0.15, -0.1) is 0 Å². The molecule has 0 bridgehead atoms. The Morgan fingerprint density at radius 3 is 2.60 bits per heavy atom. The molecule has 0 aromatic rings. The molecule has 0 aromatic carbocycles. The van der Waals surface area contributed by atoms with Gasteiger partial charge in [0.15, 0.2) is 0 Å². The maximum absolute atomic E-state index is 10.7. The van der Waals surface area contributed by atoms with E-state index in [-0.39, 0.29) is 5.91 Å². The summed E-state index contributed by atoms with van der Waals surface area (Å²) in [6, 6.07) is 0. The molecule has 0 unspecified atom stereocenters. The van der Waals surface area contributed by atoms with Gasteiger partial charge < -0.3 is 0 Å². The molecule has 0 fully saturated rings. The first-order valence-corrected chi connectivity index (χ1v) is 3.13. The van der Waals surface area contributed by atoms with Gasteiger partial charge in [0.2, 0.25) is 6.41 Å². The molecule has 0 aliphatic rings. The van der Waals surface area contributed by atoms with Gasteiger partial charge in [-0.05, 0) is 13.3 Å². The molecular weight excluding hydrogens is 130 g/mol. The predicted molar refractivity (Wildman–Crippen MR) is 38.3 cm³/mol. The molecule has 0 saturated heterocycles. The summed E-state index contributed by atoms with van der Waals surface area (Å²) in [5, 5.41) is 2.04. The number of rotatable bonds is 3. The Morgan fingerprint density at radius 1 is 1.60 bits per heavy atom. The third-order valence-corrected chi connectivity index (χ3v) is 1.06. The van der Waals surface area contributed by atoms with E-state index in [0.29, 0.717) is 12.0 Å². The second-order valence-electron chi connectivity index (χ2n) is 1.89. The first-order valence-electron chi connectivity index (χ1n) is 3.13. The van der Waals surface area contributed by atoms with Gasteiger partial charge in [-0.3, -0.25) is 14.9 Å². The van der Waals surface area contributed by atoms with Crippen molar-refractivity contribution >= 4 is 12.3 Å². The lowest BCUT2D eigenvalue weighted by molar-refractivity contribution is -0.122. The van der Waals surface area contributed by atoms with Crippen LogP contribution in [0.5, 0.6) is 0 Å². The largest absolute Gasteiger partial charge is 0.295 e. The number of hydrogen-bond donors (Lipinski definition) is 1. The zero-order valence-corrected chi connectivity index (χ0v) is 6.18. The van der Waals surface area contributed by atoms with Gasteiger partial charge in [0.05, 0.1) is 0 Å². The summed E-state index contributed by atoms with van der Waals surface area (Å²) >= 11 is 0. The van der Waals surface area contributed by atoms with Crippen LogP contribution >= 0.6 is 0 Å². The maximum Gasteiger partial charge on any atom is 0.252 e. The van der Waals surface area contributed by atoms with Crippen molar-refractivity contribution < 1.29 is 9.59 Å². The van der Waals surface area contributed by atoms with Crippen molar-refractivity contribution in [1.82, 2.24) is 5.32 Å². The van der Waals surface area contributed by atoms with Crippen molar-refractivity contribution in [2.45, 2.75) is 20.3 Å². The van der Waals surface area contributed by atoms with Crippen LogP contribution in [0, 0.1) is 0 Å². The molecule has 0 aliphatic heterocycles. The Balaban J connectivity index is 3.93. The standard InChI is InChI=1S/C7H11NO2/c1-3-4-6(2)7(10)8-5-9/h4-5H,3H2,1-2H3,(H,8,9,10). The highest BCUT2D eigenvalue weighted by molar-refractivity contribution is 5.98. The van der Waals surface area contributed by atoms with E-state index >= 15 is 0 Å². The van der Waals surface area contributed by atoms with E-state index in [9.17, 15) is 9.59 Å². The summed E-state index contributed by atoms with van der Waals surface area (Å²) in [6.07, 6.45) is 2.95. The molecule has 56 valence electrons. The molecule has 1 N–H and O–H groups in total. The van der Waals surface area contributed by atoms with Gasteiger partial charge >= 0.3 is 0 Å². The van der Waals surface area contributed by atoms with Crippen molar-refractivity contribution in [2.24, 2.45) is 0 Å². The highest BCUT2D eigenvalue weighted by Crippen LogP contribution is 1.93. The smallest absolute Gasteiger partial charge is 0.252 e. The van der Waals surface area contributed by atoms with Crippen molar-refractivity contribution in [3.8, 4) is 0 Å². The lowest BCUT2D eigenvalue weighted by Gasteiger charge is -1.95. The molecule has 3 heteroatoms. The molecule has 0 saturated carbocycles. The molecule has 3 nitrogen and oxygen atoms in total. The van der Waals surface area contributed by atoms with Crippen molar-refractivity contribution in [2.75, 3.05) is 0 Å². The first-order chi connectivity index (χ1) is 4.72. The van der Waals surface area contributed by atoms with Crippen LogP contribution in [0.1, 0.15) is 20.3 Å². The SMILES string of the molecule is CCC=C(C)C(=O)NC=O. The summed E-state index contributed by atoms with van der Waals surface area (Å²) in [4.78, 5) is 20.5. The van der Waals surface area contributed by atoms with E-state index < -0.39 is 0 Å². The molecule has 0 aliphatic carbocycles. The fourth-order valence-electron chi connectivity index (χ4n) is 0.566. The first kappa shape index (κ1) is 8.88. The van der Waals surface area contributed by atoms with E-state index in [2.05, 4.69) is 0 Å². The van der Waals surface area contributed by atoms with Crippen LogP contribution in [0.15, 0.2) is 11.6 Å². The van der Waals surface area contributed by atoms with Crippen molar-refractivity contribution in [3.63, 3.8) is 0 Å². The number of carbonyl (C=O) groups excluding carboxylic acids is 2. The highest BCUT2D eigenvalue weighted by Gasteiger charge is 1.99. The van der Waals surface area contributed by atoms with E-state index in [1.54, 1.807) is 13.0 Å².